The molecule has 0 saturated carbocycles. The third kappa shape index (κ3) is 4.85. The van der Waals surface area contributed by atoms with E-state index in [1.807, 2.05) is 115 Å². The second kappa shape index (κ2) is 10.7. The Kier molecular flexibility index (Phi) is 7.04. The Labute approximate surface area is 216 Å². The molecular formula is C33H28O4. The summed E-state index contributed by atoms with van der Waals surface area (Å²) in [4.78, 5) is 0. The van der Waals surface area contributed by atoms with Crippen molar-refractivity contribution in [3.8, 4) is 33.8 Å². The summed E-state index contributed by atoms with van der Waals surface area (Å²) in [5, 5.41) is 42.2. The Balaban J connectivity index is 1.78. The molecule has 0 spiro atoms. The molecule has 0 bridgehead atoms. The van der Waals surface area contributed by atoms with Crippen LogP contribution in [0.25, 0.3) is 22.3 Å². The Bertz CT molecular complexity index is 1400. The molecule has 4 heteroatoms. The fraction of sp³-hybridized carbons (Fsp3) is 0.0909. The molecule has 5 aromatic rings. The lowest BCUT2D eigenvalue weighted by Crippen LogP contribution is -2.07. The largest absolute Gasteiger partial charge is 0.507 e. The van der Waals surface area contributed by atoms with Crippen molar-refractivity contribution < 1.29 is 20.4 Å². The van der Waals surface area contributed by atoms with Crippen molar-refractivity contribution in [2.24, 2.45) is 0 Å². The van der Waals surface area contributed by atoms with Gasteiger partial charge in [-0.25, -0.2) is 0 Å². The van der Waals surface area contributed by atoms with E-state index in [2.05, 4.69) is 0 Å². The van der Waals surface area contributed by atoms with Crippen molar-refractivity contribution >= 4 is 0 Å². The maximum atomic E-state index is 11.0. The highest BCUT2D eigenvalue weighted by Gasteiger charge is 2.23. The van der Waals surface area contributed by atoms with Gasteiger partial charge in [-0.05, 0) is 52.1 Å². The Morgan fingerprint density at radius 3 is 1.22 bits per heavy atom. The minimum atomic E-state index is -0.312. The van der Waals surface area contributed by atoms with Crippen LogP contribution in [0.15, 0.2) is 115 Å². The lowest BCUT2D eigenvalue weighted by Gasteiger charge is -2.23. The van der Waals surface area contributed by atoms with Gasteiger partial charge in [0.05, 0.1) is 13.2 Å². The average molecular weight is 489 g/mol. The summed E-state index contributed by atoms with van der Waals surface area (Å²) in [5.41, 5.74) is 6.57. The highest BCUT2D eigenvalue weighted by Crippen LogP contribution is 2.43. The Morgan fingerprint density at radius 2 is 0.838 bits per heavy atom. The number of phenols is 2. The molecule has 0 radical (unpaired) electrons. The summed E-state index contributed by atoms with van der Waals surface area (Å²) in [7, 11) is 0. The van der Waals surface area contributed by atoms with Crippen LogP contribution in [0.4, 0.5) is 0 Å². The van der Waals surface area contributed by atoms with Gasteiger partial charge in [-0.3, -0.25) is 0 Å². The first-order chi connectivity index (χ1) is 18.1. The molecule has 0 aliphatic carbocycles. The zero-order valence-corrected chi connectivity index (χ0v) is 20.3. The van der Waals surface area contributed by atoms with Crippen molar-refractivity contribution in [2.75, 3.05) is 0 Å². The van der Waals surface area contributed by atoms with Crippen molar-refractivity contribution in [3.05, 3.63) is 143 Å². The van der Waals surface area contributed by atoms with E-state index in [-0.39, 0.29) is 30.6 Å². The summed E-state index contributed by atoms with van der Waals surface area (Å²) in [5.74, 6) is -0.185. The first-order valence-electron chi connectivity index (χ1n) is 12.2. The minimum absolute atomic E-state index is 0.0518. The van der Waals surface area contributed by atoms with Crippen LogP contribution in [0.1, 0.15) is 33.7 Å². The monoisotopic (exact) mass is 488 g/mol. The second-order valence-corrected chi connectivity index (χ2v) is 9.04. The second-order valence-electron chi connectivity index (χ2n) is 9.04. The van der Waals surface area contributed by atoms with Gasteiger partial charge in [0.25, 0.3) is 0 Å². The van der Waals surface area contributed by atoms with Gasteiger partial charge in [0.15, 0.2) is 0 Å². The number of aromatic hydroxyl groups is 2. The van der Waals surface area contributed by atoms with E-state index in [1.165, 1.54) is 0 Å². The van der Waals surface area contributed by atoms with Crippen molar-refractivity contribution in [1.82, 2.24) is 0 Å². The molecular weight excluding hydrogens is 460 g/mol. The van der Waals surface area contributed by atoms with Crippen LogP contribution in [-0.2, 0) is 13.2 Å². The summed E-state index contributed by atoms with van der Waals surface area (Å²) >= 11 is 0. The van der Waals surface area contributed by atoms with E-state index in [1.54, 1.807) is 0 Å². The molecule has 0 saturated heterocycles. The molecule has 0 atom stereocenters. The van der Waals surface area contributed by atoms with Gasteiger partial charge >= 0.3 is 0 Å². The maximum Gasteiger partial charge on any atom is 0.128 e. The smallest absolute Gasteiger partial charge is 0.128 e. The van der Waals surface area contributed by atoms with Crippen LogP contribution in [0, 0.1) is 0 Å². The summed E-state index contributed by atoms with van der Waals surface area (Å²) in [6, 6.07) is 36.7. The van der Waals surface area contributed by atoms with Crippen molar-refractivity contribution in [3.63, 3.8) is 0 Å². The van der Waals surface area contributed by atoms with Gasteiger partial charge in [0.2, 0.25) is 0 Å². The zero-order chi connectivity index (χ0) is 25.8. The normalized spacial score (nSPS) is 11.1. The molecule has 4 nitrogen and oxygen atoms in total. The van der Waals surface area contributed by atoms with Gasteiger partial charge in [-0.1, -0.05) is 91.0 Å². The van der Waals surface area contributed by atoms with Crippen LogP contribution in [0.3, 0.4) is 0 Å². The molecule has 0 aliphatic rings. The zero-order valence-electron chi connectivity index (χ0n) is 20.3. The number of hydrogen-bond donors (Lipinski definition) is 4. The van der Waals surface area contributed by atoms with E-state index in [9.17, 15) is 20.4 Å². The standard InChI is InChI=1S/C33H28O4/c34-20-27-16-25(18-29(32(27)36)22-10-4-1-5-11-22)31(24-14-8-3-9-15-24)26-17-28(21-35)33(37)30(19-26)23-12-6-2-7-13-23/h1-19,31,34-37H,20-21H2. The molecule has 0 unspecified atom stereocenters. The van der Waals surface area contributed by atoms with E-state index in [0.717, 1.165) is 27.8 Å². The molecule has 37 heavy (non-hydrogen) atoms. The first-order valence-corrected chi connectivity index (χ1v) is 12.2. The number of aliphatic hydroxyl groups excluding tert-OH is 2. The fourth-order valence-electron chi connectivity index (χ4n) is 4.91. The van der Waals surface area contributed by atoms with Crippen molar-refractivity contribution in [1.29, 1.82) is 0 Å². The lowest BCUT2D eigenvalue weighted by atomic mass is 9.81. The van der Waals surface area contributed by atoms with Crippen LogP contribution >= 0.6 is 0 Å². The summed E-state index contributed by atoms with van der Waals surface area (Å²) in [6.07, 6.45) is 0. The predicted octanol–water partition coefficient (Wildman–Crippen LogP) is 6.60. The highest BCUT2D eigenvalue weighted by molar-refractivity contribution is 5.75. The molecule has 0 aromatic heterocycles. The predicted molar refractivity (Wildman–Crippen MR) is 146 cm³/mol. The number of hydrogen-bond acceptors (Lipinski definition) is 4. The Morgan fingerprint density at radius 1 is 0.459 bits per heavy atom. The van der Waals surface area contributed by atoms with Crippen LogP contribution in [0.5, 0.6) is 11.5 Å². The van der Waals surface area contributed by atoms with Crippen LogP contribution in [0.2, 0.25) is 0 Å². The molecule has 0 amide bonds. The molecule has 0 heterocycles. The van der Waals surface area contributed by atoms with Crippen molar-refractivity contribution in [2.45, 2.75) is 19.1 Å². The SMILES string of the molecule is OCc1cc(C(c2ccccc2)c2cc(CO)c(O)c(-c3ccccc3)c2)cc(-c2ccccc2)c1O. The summed E-state index contributed by atoms with van der Waals surface area (Å²) in [6.45, 7) is -0.624. The maximum absolute atomic E-state index is 11.0. The molecule has 184 valence electrons. The van der Waals surface area contributed by atoms with Gasteiger partial charge in [0.1, 0.15) is 11.5 Å². The minimum Gasteiger partial charge on any atom is -0.507 e. The first kappa shape index (κ1) is 24.3. The van der Waals surface area contributed by atoms with Crippen LogP contribution in [-0.4, -0.2) is 20.4 Å². The lowest BCUT2D eigenvalue weighted by molar-refractivity contribution is 0.275. The van der Waals surface area contributed by atoms with E-state index >= 15 is 0 Å². The molecule has 4 N–H and O–H groups in total. The van der Waals surface area contributed by atoms with E-state index in [4.69, 9.17) is 0 Å². The molecule has 5 rings (SSSR count). The highest BCUT2D eigenvalue weighted by atomic mass is 16.3. The number of rotatable bonds is 7. The van der Waals surface area contributed by atoms with Gasteiger partial charge < -0.3 is 20.4 Å². The summed E-state index contributed by atoms with van der Waals surface area (Å²) < 4.78 is 0. The van der Waals surface area contributed by atoms with Gasteiger partial charge in [-0.15, -0.1) is 0 Å². The Hall–Kier alpha value is -4.38. The molecule has 5 aromatic carbocycles. The van der Waals surface area contributed by atoms with Gasteiger partial charge in [-0.2, -0.15) is 0 Å². The third-order valence-corrected chi connectivity index (χ3v) is 6.73. The van der Waals surface area contributed by atoms with Crippen LogP contribution < -0.4 is 0 Å². The average Bonchev–Trinajstić information content (AvgIpc) is 2.96. The molecule has 0 aliphatic heterocycles. The van der Waals surface area contributed by atoms with E-state index < -0.39 is 0 Å². The fourth-order valence-corrected chi connectivity index (χ4v) is 4.91. The number of aliphatic hydroxyl groups is 2. The molecule has 0 fully saturated rings. The number of benzene rings is 5. The van der Waals surface area contributed by atoms with E-state index in [0.29, 0.717) is 22.3 Å². The van der Waals surface area contributed by atoms with Gasteiger partial charge in [0, 0.05) is 28.2 Å². The third-order valence-electron chi connectivity index (χ3n) is 6.73. The quantitative estimate of drug-likeness (QED) is 0.195. The topological polar surface area (TPSA) is 80.9 Å².